The number of carbonyl (C=O) groups excluding carboxylic acids is 1. The monoisotopic (exact) mass is 314 g/mol. The molecular formula is C21H30O2. The molecule has 0 aliphatic heterocycles. The Bertz CT molecular complexity index is 513. The minimum absolute atomic E-state index is 0.00335. The van der Waals surface area contributed by atoms with Crippen LogP contribution in [0.25, 0.3) is 0 Å². The summed E-state index contributed by atoms with van der Waals surface area (Å²) in [7, 11) is 0. The zero-order valence-corrected chi connectivity index (χ0v) is 14.6. The van der Waals surface area contributed by atoms with E-state index in [9.17, 15) is 4.79 Å². The van der Waals surface area contributed by atoms with E-state index in [-0.39, 0.29) is 11.9 Å². The van der Waals surface area contributed by atoms with Crippen molar-refractivity contribution in [2.24, 2.45) is 17.8 Å². The molecule has 3 atom stereocenters. The van der Waals surface area contributed by atoms with Crippen molar-refractivity contribution in [2.75, 3.05) is 0 Å². The van der Waals surface area contributed by atoms with Crippen LogP contribution in [0.4, 0.5) is 0 Å². The average Bonchev–Trinajstić information content (AvgIpc) is 3.18. The molecule has 1 aromatic carbocycles. The smallest absolute Gasteiger partial charge is 0.314 e. The van der Waals surface area contributed by atoms with Crippen molar-refractivity contribution in [1.29, 1.82) is 0 Å². The van der Waals surface area contributed by atoms with E-state index in [2.05, 4.69) is 26.0 Å². The van der Waals surface area contributed by atoms with Gasteiger partial charge in [-0.05, 0) is 67.6 Å². The lowest BCUT2D eigenvalue weighted by Crippen LogP contribution is -2.25. The Kier molecular flexibility index (Phi) is 5.40. The number of benzene rings is 1. The first-order valence-corrected chi connectivity index (χ1v) is 9.52. The molecule has 2 fully saturated rings. The number of hydrogen-bond donors (Lipinski definition) is 0. The summed E-state index contributed by atoms with van der Waals surface area (Å²) in [5.74, 6) is 2.88. The van der Waals surface area contributed by atoms with Crippen molar-refractivity contribution in [3.05, 3.63) is 29.8 Å². The van der Waals surface area contributed by atoms with Crippen molar-refractivity contribution < 1.29 is 9.53 Å². The van der Waals surface area contributed by atoms with E-state index in [0.29, 0.717) is 17.6 Å². The fourth-order valence-corrected chi connectivity index (χ4v) is 4.71. The highest BCUT2D eigenvalue weighted by Gasteiger charge is 2.44. The molecule has 126 valence electrons. The van der Waals surface area contributed by atoms with E-state index in [4.69, 9.17) is 4.74 Å². The fraction of sp³-hybridized carbons (Fsp3) is 0.667. The predicted molar refractivity (Wildman–Crippen MR) is 93.6 cm³/mol. The maximum Gasteiger partial charge on any atom is 0.314 e. The van der Waals surface area contributed by atoms with Crippen LogP contribution in [-0.2, 0) is 4.79 Å². The Labute approximate surface area is 140 Å². The lowest BCUT2D eigenvalue weighted by molar-refractivity contribution is -0.140. The van der Waals surface area contributed by atoms with E-state index in [1.807, 2.05) is 12.1 Å². The van der Waals surface area contributed by atoms with Gasteiger partial charge in [-0.15, -0.1) is 0 Å². The Morgan fingerprint density at radius 2 is 1.78 bits per heavy atom. The van der Waals surface area contributed by atoms with Gasteiger partial charge in [0, 0.05) is 0 Å². The van der Waals surface area contributed by atoms with Gasteiger partial charge in [0.15, 0.2) is 0 Å². The SMILES string of the molecule is CCCC(CCC)c1ccc(OC(=O)C2CC3CCC2C3)cc1. The van der Waals surface area contributed by atoms with Gasteiger partial charge in [0.1, 0.15) is 5.75 Å². The summed E-state index contributed by atoms with van der Waals surface area (Å²) in [6.45, 7) is 4.49. The number of hydrogen-bond acceptors (Lipinski definition) is 2. The summed E-state index contributed by atoms with van der Waals surface area (Å²) in [4.78, 5) is 12.4. The van der Waals surface area contributed by atoms with Crippen LogP contribution in [0.5, 0.6) is 5.75 Å². The van der Waals surface area contributed by atoms with Crippen molar-refractivity contribution in [3.8, 4) is 5.75 Å². The van der Waals surface area contributed by atoms with Crippen molar-refractivity contribution in [2.45, 2.75) is 71.1 Å². The van der Waals surface area contributed by atoms with Crippen molar-refractivity contribution >= 4 is 5.97 Å². The summed E-state index contributed by atoms with van der Waals surface area (Å²) in [6, 6.07) is 8.27. The van der Waals surface area contributed by atoms with Gasteiger partial charge in [0.2, 0.25) is 0 Å². The van der Waals surface area contributed by atoms with Crippen LogP contribution < -0.4 is 4.74 Å². The van der Waals surface area contributed by atoms with Crippen LogP contribution in [0.2, 0.25) is 0 Å². The van der Waals surface area contributed by atoms with Crippen molar-refractivity contribution in [1.82, 2.24) is 0 Å². The molecule has 0 radical (unpaired) electrons. The summed E-state index contributed by atoms with van der Waals surface area (Å²) < 4.78 is 5.67. The highest BCUT2D eigenvalue weighted by molar-refractivity contribution is 5.76. The minimum Gasteiger partial charge on any atom is -0.426 e. The number of ether oxygens (including phenoxy) is 1. The minimum atomic E-state index is 0.00335. The summed E-state index contributed by atoms with van der Waals surface area (Å²) in [5.41, 5.74) is 1.38. The molecule has 3 rings (SSSR count). The number of carbonyl (C=O) groups is 1. The molecule has 0 aromatic heterocycles. The molecule has 2 heteroatoms. The lowest BCUT2D eigenvalue weighted by atomic mass is 9.89. The first-order valence-electron chi connectivity index (χ1n) is 9.52. The molecule has 2 bridgehead atoms. The second kappa shape index (κ2) is 7.51. The van der Waals surface area contributed by atoms with Gasteiger partial charge >= 0.3 is 5.97 Å². The number of fused-ring (bicyclic) bond motifs is 2. The van der Waals surface area contributed by atoms with Gasteiger partial charge < -0.3 is 4.74 Å². The molecule has 0 spiro atoms. The Hall–Kier alpha value is -1.31. The predicted octanol–water partition coefficient (Wildman–Crippen LogP) is 5.71. The Morgan fingerprint density at radius 1 is 1.09 bits per heavy atom. The highest BCUT2D eigenvalue weighted by atomic mass is 16.5. The third-order valence-corrected chi connectivity index (χ3v) is 5.89. The quantitative estimate of drug-likeness (QED) is 0.476. The molecule has 0 N–H and O–H groups in total. The van der Waals surface area contributed by atoms with Gasteiger partial charge in [0.05, 0.1) is 5.92 Å². The summed E-state index contributed by atoms with van der Waals surface area (Å²) >= 11 is 0. The van der Waals surface area contributed by atoms with Crippen LogP contribution in [-0.4, -0.2) is 5.97 Å². The topological polar surface area (TPSA) is 26.3 Å². The van der Waals surface area contributed by atoms with E-state index in [0.717, 1.165) is 12.3 Å². The zero-order valence-electron chi connectivity index (χ0n) is 14.6. The maximum atomic E-state index is 12.4. The first kappa shape index (κ1) is 16.5. The molecule has 2 nitrogen and oxygen atoms in total. The second-order valence-electron chi connectivity index (χ2n) is 7.55. The van der Waals surface area contributed by atoms with Gasteiger partial charge in [-0.2, -0.15) is 0 Å². The van der Waals surface area contributed by atoms with Crippen molar-refractivity contribution in [3.63, 3.8) is 0 Å². The van der Waals surface area contributed by atoms with E-state index in [1.54, 1.807) is 0 Å². The molecular weight excluding hydrogens is 284 g/mol. The Morgan fingerprint density at radius 3 is 2.30 bits per heavy atom. The summed E-state index contributed by atoms with van der Waals surface area (Å²) in [5, 5.41) is 0. The fourth-order valence-electron chi connectivity index (χ4n) is 4.71. The van der Waals surface area contributed by atoms with Crippen LogP contribution in [0.3, 0.4) is 0 Å². The van der Waals surface area contributed by atoms with Crippen LogP contribution >= 0.6 is 0 Å². The number of esters is 1. The van der Waals surface area contributed by atoms with Crippen LogP contribution in [0, 0.1) is 17.8 Å². The molecule has 0 amide bonds. The average molecular weight is 314 g/mol. The van der Waals surface area contributed by atoms with E-state index in [1.165, 1.54) is 50.5 Å². The molecule has 0 saturated heterocycles. The molecule has 2 aliphatic carbocycles. The molecule has 2 saturated carbocycles. The molecule has 23 heavy (non-hydrogen) atoms. The largest absolute Gasteiger partial charge is 0.426 e. The Balaban J connectivity index is 1.59. The normalized spacial score (nSPS) is 26.0. The zero-order chi connectivity index (χ0) is 16.2. The second-order valence-corrected chi connectivity index (χ2v) is 7.55. The molecule has 2 aliphatic rings. The maximum absolute atomic E-state index is 12.4. The van der Waals surface area contributed by atoms with E-state index < -0.39 is 0 Å². The van der Waals surface area contributed by atoms with Crippen LogP contribution in [0.1, 0.15) is 76.7 Å². The highest BCUT2D eigenvalue weighted by Crippen LogP contribution is 2.48. The third-order valence-electron chi connectivity index (χ3n) is 5.89. The first-order chi connectivity index (χ1) is 11.2. The lowest BCUT2D eigenvalue weighted by Gasteiger charge is -2.20. The van der Waals surface area contributed by atoms with Gasteiger partial charge in [0.25, 0.3) is 0 Å². The third kappa shape index (κ3) is 3.79. The summed E-state index contributed by atoms with van der Waals surface area (Å²) in [6.07, 6.45) is 9.73. The van der Waals surface area contributed by atoms with Crippen LogP contribution in [0.15, 0.2) is 24.3 Å². The van der Waals surface area contributed by atoms with Gasteiger partial charge in [-0.3, -0.25) is 4.79 Å². The van der Waals surface area contributed by atoms with E-state index >= 15 is 0 Å². The molecule has 3 unspecified atom stereocenters. The van der Waals surface area contributed by atoms with Gasteiger partial charge in [-0.1, -0.05) is 45.2 Å². The standard InChI is InChI=1S/C21H30O2/c1-3-5-16(6-4-2)17-9-11-19(12-10-17)23-21(22)20-14-15-7-8-18(20)13-15/h9-12,15-16,18,20H,3-8,13-14H2,1-2H3. The van der Waals surface area contributed by atoms with Gasteiger partial charge in [-0.25, -0.2) is 0 Å². The molecule has 0 heterocycles. The number of rotatable bonds is 7. The molecule has 1 aromatic rings.